The molecule has 1 aromatic heterocycles. The van der Waals surface area contributed by atoms with Gasteiger partial charge in [0.1, 0.15) is 0 Å². The molecule has 0 aliphatic heterocycles. The molecule has 1 N–H and O–H groups in total. The summed E-state index contributed by atoms with van der Waals surface area (Å²) < 4.78 is 0. The van der Waals surface area contributed by atoms with E-state index >= 15 is 0 Å². The Morgan fingerprint density at radius 1 is 0.950 bits per heavy atom. The van der Waals surface area contributed by atoms with Crippen LogP contribution in [0.15, 0.2) is 48.8 Å². The summed E-state index contributed by atoms with van der Waals surface area (Å²) in [7, 11) is 0. The van der Waals surface area contributed by atoms with Crippen LogP contribution in [0.1, 0.15) is 38.2 Å². The molecule has 20 heavy (non-hydrogen) atoms. The molecular weight excluding hydrogens is 246 g/mol. The molecule has 2 rings (SSSR count). The van der Waals surface area contributed by atoms with Crippen molar-refractivity contribution in [2.45, 2.75) is 32.6 Å². The van der Waals surface area contributed by atoms with Crippen LogP contribution < -0.4 is 5.32 Å². The van der Waals surface area contributed by atoms with Crippen molar-refractivity contribution in [1.29, 1.82) is 0 Å². The summed E-state index contributed by atoms with van der Waals surface area (Å²) >= 11 is 0. The highest BCUT2D eigenvalue weighted by atomic mass is 15.1. The molecule has 0 amide bonds. The first-order valence-electron chi connectivity index (χ1n) is 7.31. The van der Waals surface area contributed by atoms with E-state index < -0.39 is 0 Å². The molecule has 0 radical (unpaired) electrons. The fraction of sp³-hybridized carbons (Fsp3) is 0.412. The molecule has 0 saturated carbocycles. The number of anilines is 1. The molecule has 1 aromatic carbocycles. The monoisotopic (exact) mass is 269 g/mol. The van der Waals surface area contributed by atoms with Gasteiger partial charge in [-0.25, -0.2) is 9.97 Å². The average Bonchev–Trinajstić information content (AvgIpc) is 2.49. The summed E-state index contributed by atoms with van der Waals surface area (Å²) in [6.07, 6.45) is 5.94. The van der Waals surface area contributed by atoms with Crippen molar-refractivity contribution >= 4 is 5.95 Å². The molecule has 0 aliphatic rings. The Hall–Kier alpha value is -1.90. The van der Waals surface area contributed by atoms with E-state index in [0.717, 1.165) is 12.5 Å². The van der Waals surface area contributed by atoms with Gasteiger partial charge in [-0.2, -0.15) is 0 Å². The highest BCUT2D eigenvalue weighted by Crippen LogP contribution is 2.23. The predicted molar refractivity (Wildman–Crippen MR) is 83.8 cm³/mol. The smallest absolute Gasteiger partial charge is 0.222 e. The molecule has 2 aromatic rings. The molecule has 3 nitrogen and oxygen atoms in total. The van der Waals surface area contributed by atoms with Crippen LogP contribution in [0.5, 0.6) is 0 Å². The SMILES string of the molecule is CC(C)CCC(CNc1ncccn1)c1ccccc1. The Labute approximate surface area is 121 Å². The number of aromatic nitrogens is 2. The molecule has 1 heterocycles. The van der Waals surface area contributed by atoms with Gasteiger partial charge in [-0.3, -0.25) is 0 Å². The standard InChI is InChI=1S/C17H23N3/c1-14(2)9-10-16(15-7-4-3-5-8-15)13-20-17-18-11-6-12-19-17/h3-8,11-12,14,16H,9-10,13H2,1-2H3,(H,18,19,20). The minimum absolute atomic E-state index is 0.502. The second kappa shape index (κ2) is 7.63. The molecule has 1 atom stereocenters. The molecule has 0 aliphatic carbocycles. The lowest BCUT2D eigenvalue weighted by molar-refractivity contribution is 0.508. The van der Waals surface area contributed by atoms with Crippen molar-refractivity contribution in [2.75, 3.05) is 11.9 Å². The van der Waals surface area contributed by atoms with E-state index in [9.17, 15) is 0 Å². The topological polar surface area (TPSA) is 37.8 Å². The third kappa shape index (κ3) is 4.65. The third-order valence-corrected chi connectivity index (χ3v) is 3.44. The zero-order valence-corrected chi connectivity index (χ0v) is 12.3. The molecular formula is C17H23N3. The van der Waals surface area contributed by atoms with Gasteiger partial charge >= 0.3 is 0 Å². The summed E-state index contributed by atoms with van der Waals surface area (Å²) in [5, 5.41) is 3.34. The Balaban J connectivity index is 1.99. The van der Waals surface area contributed by atoms with Gasteiger partial charge in [0.25, 0.3) is 0 Å². The number of nitrogens with one attached hydrogen (secondary N) is 1. The first kappa shape index (κ1) is 14.5. The molecule has 0 fully saturated rings. The van der Waals surface area contributed by atoms with Gasteiger partial charge in [0.15, 0.2) is 0 Å². The molecule has 0 spiro atoms. The van der Waals surface area contributed by atoms with Gasteiger partial charge in [0, 0.05) is 24.9 Å². The molecule has 0 saturated heterocycles. The quantitative estimate of drug-likeness (QED) is 0.822. The van der Waals surface area contributed by atoms with E-state index in [1.165, 1.54) is 18.4 Å². The lowest BCUT2D eigenvalue weighted by atomic mass is 9.91. The van der Waals surface area contributed by atoms with Crippen molar-refractivity contribution in [1.82, 2.24) is 9.97 Å². The summed E-state index contributed by atoms with van der Waals surface area (Å²) in [6.45, 7) is 5.42. The summed E-state index contributed by atoms with van der Waals surface area (Å²) in [5.41, 5.74) is 1.39. The first-order chi connectivity index (χ1) is 9.75. The van der Waals surface area contributed by atoms with Gasteiger partial charge < -0.3 is 5.32 Å². The summed E-state index contributed by atoms with van der Waals surface area (Å²) in [5.74, 6) is 1.94. The van der Waals surface area contributed by atoms with Gasteiger partial charge in [0.2, 0.25) is 5.95 Å². The Bertz CT molecular complexity index is 482. The summed E-state index contributed by atoms with van der Waals surface area (Å²) in [6, 6.07) is 12.5. The van der Waals surface area contributed by atoms with Crippen LogP contribution in [-0.2, 0) is 0 Å². The largest absolute Gasteiger partial charge is 0.354 e. The van der Waals surface area contributed by atoms with Crippen molar-refractivity contribution in [3.63, 3.8) is 0 Å². The average molecular weight is 269 g/mol. The number of hydrogen-bond donors (Lipinski definition) is 1. The number of nitrogens with zero attached hydrogens (tertiary/aromatic N) is 2. The van der Waals surface area contributed by atoms with Crippen LogP contribution in [0.4, 0.5) is 5.95 Å². The van der Waals surface area contributed by atoms with Crippen LogP contribution in [0.2, 0.25) is 0 Å². The minimum Gasteiger partial charge on any atom is -0.354 e. The van der Waals surface area contributed by atoms with Crippen LogP contribution in [0, 0.1) is 5.92 Å². The van der Waals surface area contributed by atoms with Gasteiger partial charge in [-0.1, -0.05) is 50.6 Å². The second-order valence-electron chi connectivity index (χ2n) is 5.53. The second-order valence-corrected chi connectivity index (χ2v) is 5.53. The van der Waals surface area contributed by atoms with Crippen molar-refractivity contribution < 1.29 is 0 Å². The minimum atomic E-state index is 0.502. The highest BCUT2D eigenvalue weighted by Gasteiger charge is 2.12. The Morgan fingerprint density at radius 3 is 2.30 bits per heavy atom. The first-order valence-corrected chi connectivity index (χ1v) is 7.31. The lowest BCUT2D eigenvalue weighted by Crippen LogP contribution is -2.15. The molecule has 106 valence electrons. The van der Waals surface area contributed by atoms with E-state index in [2.05, 4.69) is 59.5 Å². The molecule has 1 unspecified atom stereocenters. The van der Waals surface area contributed by atoms with E-state index in [1.807, 2.05) is 6.07 Å². The van der Waals surface area contributed by atoms with Crippen molar-refractivity contribution in [2.24, 2.45) is 5.92 Å². The molecule has 3 heteroatoms. The maximum Gasteiger partial charge on any atom is 0.222 e. The highest BCUT2D eigenvalue weighted by molar-refractivity contribution is 5.26. The number of hydrogen-bond acceptors (Lipinski definition) is 3. The van der Waals surface area contributed by atoms with Crippen LogP contribution in [-0.4, -0.2) is 16.5 Å². The zero-order chi connectivity index (χ0) is 14.2. The van der Waals surface area contributed by atoms with E-state index in [-0.39, 0.29) is 0 Å². The number of benzene rings is 1. The van der Waals surface area contributed by atoms with Crippen LogP contribution in [0.25, 0.3) is 0 Å². The Kier molecular flexibility index (Phi) is 5.54. The van der Waals surface area contributed by atoms with Crippen molar-refractivity contribution in [3.8, 4) is 0 Å². The fourth-order valence-corrected chi connectivity index (χ4v) is 2.25. The van der Waals surface area contributed by atoms with E-state index in [1.54, 1.807) is 12.4 Å². The maximum atomic E-state index is 4.22. The van der Waals surface area contributed by atoms with Crippen LogP contribution in [0.3, 0.4) is 0 Å². The van der Waals surface area contributed by atoms with E-state index in [0.29, 0.717) is 11.9 Å². The normalized spacial score (nSPS) is 12.3. The zero-order valence-electron chi connectivity index (χ0n) is 12.3. The summed E-state index contributed by atoms with van der Waals surface area (Å²) in [4.78, 5) is 8.43. The third-order valence-electron chi connectivity index (χ3n) is 3.44. The van der Waals surface area contributed by atoms with Crippen molar-refractivity contribution in [3.05, 3.63) is 54.4 Å². The number of rotatable bonds is 7. The Morgan fingerprint density at radius 2 is 1.65 bits per heavy atom. The van der Waals surface area contributed by atoms with E-state index in [4.69, 9.17) is 0 Å². The molecule has 0 bridgehead atoms. The lowest BCUT2D eigenvalue weighted by Gasteiger charge is -2.19. The van der Waals surface area contributed by atoms with Crippen LogP contribution >= 0.6 is 0 Å². The predicted octanol–water partition coefficient (Wildman–Crippen LogP) is 4.11. The fourth-order valence-electron chi connectivity index (χ4n) is 2.25. The van der Waals surface area contributed by atoms with Gasteiger partial charge in [0.05, 0.1) is 0 Å². The maximum absolute atomic E-state index is 4.22. The van der Waals surface area contributed by atoms with Gasteiger partial charge in [-0.05, 0) is 24.0 Å². The van der Waals surface area contributed by atoms with Gasteiger partial charge in [-0.15, -0.1) is 0 Å².